The number of aryl methyl sites for hydroxylation is 1. The average molecular weight is 415 g/mol. The number of carboxylic acid groups (broad SMARTS) is 1. The van der Waals surface area contributed by atoms with Crippen LogP contribution >= 0.6 is 0 Å². The summed E-state index contributed by atoms with van der Waals surface area (Å²) in [5, 5.41) is 28.7. The van der Waals surface area contributed by atoms with E-state index in [2.05, 4.69) is 15.0 Å². The highest BCUT2D eigenvalue weighted by molar-refractivity contribution is 5.83. The summed E-state index contributed by atoms with van der Waals surface area (Å²) in [6, 6.07) is -1.80. The summed E-state index contributed by atoms with van der Waals surface area (Å²) in [6.45, 7) is 1.26. The molecule has 1 aromatic rings. The number of nitrogens with one attached hydrogen (secondary N) is 2. The van der Waals surface area contributed by atoms with Crippen molar-refractivity contribution in [3.63, 3.8) is 0 Å². The van der Waals surface area contributed by atoms with Crippen molar-refractivity contribution >= 4 is 11.9 Å². The number of hydrogen-bond acceptors (Lipinski definition) is 9. The van der Waals surface area contributed by atoms with Crippen LogP contribution in [-0.4, -0.2) is 61.6 Å². The number of carboxylic acids is 1. The predicted molar refractivity (Wildman–Crippen MR) is 94.8 cm³/mol. The van der Waals surface area contributed by atoms with Crippen LogP contribution in [0.4, 0.5) is 0 Å². The lowest BCUT2D eigenvalue weighted by molar-refractivity contribution is -0.141. The topological polar surface area (TPSA) is 246 Å². The van der Waals surface area contributed by atoms with E-state index in [0.29, 0.717) is 5.56 Å². The number of hydrogen-bond donors (Lipinski definition) is 6. The number of carbonyl (C=O) groups excluding carboxylic acids is 1. The molecule has 15 heteroatoms. The van der Waals surface area contributed by atoms with E-state index in [9.17, 15) is 19.2 Å². The van der Waals surface area contributed by atoms with Crippen LogP contribution in [0.3, 0.4) is 0 Å². The molecule has 1 fully saturated rings. The number of aromatic nitrogens is 2. The monoisotopic (exact) mass is 415 g/mol. The number of aliphatic hydroxyl groups is 1. The van der Waals surface area contributed by atoms with Gasteiger partial charge in [0.25, 0.3) is 5.56 Å². The molecule has 160 valence electrons. The first-order valence-electron chi connectivity index (χ1n) is 8.18. The third kappa shape index (κ3) is 6.70. The van der Waals surface area contributed by atoms with Crippen molar-refractivity contribution < 1.29 is 29.7 Å². The van der Waals surface area contributed by atoms with E-state index >= 15 is 0 Å². The van der Waals surface area contributed by atoms with Crippen LogP contribution in [0.5, 0.6) is 0 Å². The molecule has 0 saturated carbocycles. The molecule has 1 amide bonds. The van der Waals surface area contributed by atoms with E-state index in [0.717, 1.165) is 0 Å². The molecule has 0 unspecified atom stereocenters. The molecule has 0 spiro atoms. The third-order valence-corrected chi connectivity index (χ3v) is 3.89. The largest absolute Gasteiger partial charge is 0.480 e. The van der Waals surface area contributed by atoms with Crippen LogP contribution in [-0.2, 0) is 14.3 Å². The number of hydroxylamine groups is 1. The number of ether oxygens (including phenoxy) is 1. The van der Waals surface area contributed by atoms with Crippen molar-refractivity contribution in [2.24, 2.45) is 10.8 Å². The number of aliphatic hydroxyl groups excluding tert-OH is 1. The van der Waals surface area contributed by atoms with E-state index in [4.69, 9.17) is 31.4 Å². The molecule has 1 aromatic heterocycles. The first kappa shape index (κ1) is 23.8. The molecule has 7 N–H and O–H groups in total. The predicted octanol–water partition coefficient (Wildman–Crippen LogP) is -1.90. The van der Waals surface area contributed by atoms with Crippen LogP contribution in [0.25, 0.3) is 10.4 Å². The maximum atomic E-state index is 11.7. The Bertz CT molecular complexity index is 891. The van der Waals surface area contributed by atoms with Crippen molar-refractivity contribution in [2.75, 3.05) is 6.61 Å². The van der Waals surface area contributed by atoms with Gasteiger partial charge in [-0.25, -0.2) is 10.3 Å². The maximum Gasteiger partial charge on any atom is 0.330 e. The highest BCUT2D eigenvalue weighted by Crippen LogP contribution is 2.29. The SMILES string of the molecule is Cc1cn([C@H]2C[C@H](N=[N+]=[N-])[C@@H](CO)O2)c(=O)[nH]c1=O.N[C@H](CC(=O)NO)C(=O)O. The molecule has 1 aliphatic rings. The number of rotatable bonds is 6. The summed E-state index contributed by atoms with van der Waals surface area (Å²) in [6.07, 6.45) is -0.0960. The van der Waals surface area contributed by atoms with Crippen molar-refractivity contribution in [3.05, 3.63) is 43.0 Å². The Balaban J connectivity index is 0.000000359. The van der Waals surface area contributed by atoms with Gasteiger partial charge in [0.2, 0.25) is 5.91 Å². The van der Waals surface area contributed by atoms with E-state index in [1.165, 1.54) is 16.2 Å². The van der Waals surface area contributed by atoms with Gasteiger partial charge in [0, 0.05) is 23.1 Å². The lowest BCUT2D eigenvalue weighted by Crippen LogP contribution is -2.35. The Kier molecular flexibility index (Phi) is 8.98. The fourth-order valence-electron chi connectivity index (χ4n) is 2.37. The minimum absolute atomic E-state index is 0.265. The molecule has 2 heterocycles. The van der Waals surface area contributed by atoms with Crippen molar-refractivity contribution in [3.8, 4) is 0 Å². The Labute approximate surface area is 162 Å². The van der Waals surface area contributed by atoms with Crippen LogP contribution in [0.1, 0.15) is 24.6 Å². The minimum Gasteiger partial charge on any atom is -0.480 e. The quantitative estimate of drug-likeness (QED) is 0.0996. The second-order valence-electron chi connectivity index (χ2n) is 5.98. The standard InChI is InChI=1S/C10H13N5O4.C4H8N2O4/c1-5-3-15(10(18)12-9(5)17)8-2-6(13-14-11)7(4-16)19-8;5-2(4(8)9)1-3(7)6-10/h3,6-8,16H,2,4H2,1H3,(H,12,17,18);2,10H,1,5H2,(H,6,7)(H,8,9)/t6-,7+,8+;2-/m01/s1. The van der Waals surface area contributed by atoms with Crippen LogP contribution < -0.4 is 22.5 Å². The molecule has 29 heavy (non-hydrogen) atoms. The molecule has 0 bridgehead atoms. The maximum absolute atomic E-state index is 11.7. The average Bonchev–Trinajstić information content (AvgIpc) is 3.08. The number of aromatic amines is 1. The van der Waals surface area contributed by atoms with Gasteiger partial charge in [-0.2, -0.15) is 0 Å². The minimum atomic E-state index is -1.27. The molecule has 4 atom stereocenters. The Morgan fingerprint density at radius 2 is 2.21 bits per heavy atom. The summed E-state index contributed by atoms with van der Waals surface area (Å²) in [5.41, 5.74) is 13.9. The van der Waals surface area contributed by atoms with E-state index < -0.39 is 54.0 Å². The summed E-state index contributed by atoms with van der Waals surface area (Å²) in [7, 11) is 0. The Morgan fingerprint density at radius 1 is 1.55 bits per heavy atom. The van der Waals surface area contributed by atoms with E-state index in [1.54, 1.807) is 6.92 Å². The summed E-state index contributed by atoms with van der Waals surface area (Å²) >= 11 is 0. The van der Waals surface area contributed by atoms with Gasteiger partial charge in [-0.1, -0.05) is 5.11 Å². The fourth-order valence-corrected chi connectivity index (χ4v) is 2.37. The van der Waals surface area contributed by atoms with Gasteiger partial charge >= 0.3 is 11.7 Å². The normalized spacial score (nSPS) is 21.3. The second kappa shape index (κ2) is 10.9. The first-order chi connectivity index (χ1) is 13.6. The van der Waals surface area contributed by atoms with Crippen molar-refractivity contribution in [1.29, 1.82) is 0 Å². The summed E-state index contributed by atoms with van der Waals surface area (Å²) in [5.74, 6) is -2.08. The van der Waals surface area contributed by atoms with E-state index in [1.807, 2.05) is 0 Å². The zero-order valence-corrected chi connectivity index (χ0v) is 15.3. The van der Waals surface area contributed by atoms with Gasteiger partial charge in [-0.05, 0) is 12.5 Å². The van der Waals surface area contributed by atoms with Gasteiger partial charge in [0.05, 0.1) is 25.2 Å². The van der Waals surface area contributed by atoms with Crippen LogP contribution in [0.2, 0.25) is 0 Å². The van der Waals surface area contributed by atoms with Gasteiger partial charge in [0.1, 0.15) is 12.3 Å². The molecular formula is C14H21N7O8. The smallest absolute Gasteiger partial charge is 0.330 e. The van der Waals surface area contributed by atoms with Crippen molar-refractivity contribution in [2.45, 2.75) is 44.2 Å². The number of nitrogens with two attached hydrogens (primary N) is 1. The number of H-pyrrole nitrogens is 1. The number of nitrogens with zero attached hydrogens (tertiary/aromatic N) is 4. The highest BCUT2D eigenvalue weighted by atomic mass is 16.5. The number of azide groups is 1. The zero-order chi connectivity index (χ0) is 22.1. The zero-order valence-electron chi connectivity index (χ0n) is 15.3. The molecule has 1 aliphatic heterocycles. The fraction of sp³-hybridized carbons (Fsp3) is 0.571. The molecule has 15 nitrogen and oxygen atoms in total. The number of carbonyl (C=O) groups is 2. The summed E-state index contributed by atoms with van der Waals surface area (Å²) < 4.78 is 6.69. The van der Waals surface area contributed by atoms with Gasteiger partial charge in [0.15, 0.2) is 0 Å². The Morgan fingerprint density at radius 3 is 2.72 bits per heavy atom. The van der Waals surface area contributed by atoms with Crippen molar-refractivity contribution in [1.82, 2.24) is 15.0 Å². The van der Waals surface area contributed by atoms with Gasteiger partial charge < -0.3 is 20.7 Å². The highest BCUT2D eigenvalue weighted by Gasteiger charge is 2.35. The molecular weight excluding hydrogens is 394 g/mol. The van der Waals surface area contributed by atoms with E-state index in [-0.39, 0.29) is 13.0 Å². The van der Waals surface area contributed by atoms with Gasteiger partial charge in [-0.3, -0.25) is 29.1 Å². The lowest BCUT2D eigenvalue weighted by Gasteiger charge is -2.14. The van der Waals surface area contributed by atoms with Crippen LogP contribution in [0, 0.1) is 6.92 Å². The second-order valence-corrected chi connectivity index (χ2v) is 5.98. The number of amides is 1. The molecule has 2 rings (SSSR count). The molecule has 0 aromatic carbocycles. The Hall–Kier alpha value is -3.23. The molecule has 1 saturated heterocycles. The molecule has 0 aliphatic carbocycles. The third-order valence-electron chi connectivity index (χ3n) is 3.89. The summed E-state index contributed by atoms with van der Waals surface area (Å²) in [4.78, 5) is 48.0. The van der Waals surface area contributed by atoms with Gasteiger partial charge in [-0.15, -0.1) is 0 Å². The molecule has 0 radical (unpaired) electrons. The number of aliphatic carboxylic acids is 1. The van der Waals surface area contributed by atoms with Crippen LogP contribution in [0.15, 0.2) is 20.9 Å². The first-order valence-corrected chi connectivity index (χ1v) is 8.18. The lowest BCUT2D eigenvalue weighted by atomic mass is 10.1.